The number of carbonyl (C=O) groups is 2. The molecular weight excluding hydrogens is 344 g/mol. The molecule has 4 rings (SSSR count). The minimum absolute atomic E-state index is 0.0101. The summed E-state index contributed by atoms with van der Waals surface area (Å²) in [6, 6.07) is 7.88. The van der Waals surface area contributed by atoms with Crippen LogP contribution in [0.4, 0.5) is 10.5 Å². The topological polar surface area (TPSA) is 70.1 Å². The number of carbonyl (C=O) groups excluding carboxylic acids is 2. The van der Waals surface area contributed by atoms with Crippen LogP contribution in [0.3, 0.4) is 0 Å². The van der Waals surface area contributed by atoms with Gasteiger partial charge in [-0.15, -0.1) is 0 Å². The monoisotopic (exact) mass is 368 g/mol. The summed E-state index contributed by atoms with van der Waals surface area (Å²) in [5.74, 6) is -0.0305. The summed E-state index contributed by atoms with van der Waals surface area (Å²) in [6.45, 7) is 1.60. The summed E-state index contributed by atoms with van der Waals surface area (Å²) in [5, 5.41) is 9.15. The zero-order chi connectivity index (χ0) is 18.8. The molecule has 0 aromatic heterocycles. The smallest absolute Gasteiger partial charge is 0.414 e. The minimum atomic E-state index is -0.296. The maximum atomic E-state index is 12.8. The molecule has 2 aliphatic heterocycles. The van der Waals surface area contributed by atoms with Gasteiger partial charge in [-0.1, -0.05) is 36.4 Å². The van der Waals surface area contributed by atoms with Crippen molar-refractivity contribution in [1.82, 2.24) is 4.90 Å². The second-order valence-electron chi connectivity index (χ2n) is 7.25. The van der Waals surface area contributed by atoms with E-state index in [0.717, 1.165) is 29.7 Å². The Morgan fingerprint density at radius 1 is 1.22 bits per heavy atom. The Morgan fingerprint density at radius 3 is 2.70 bits per heavy atom. The molecular formula is C21H24N2O4. The average Bonchev–Trinajstić information content (AvgIpc) is 2.73. The van der Waals surface area contributed by atoms with Gasteiger partial charge in [0.15, 0.2) is 0 Å². The molecule has 6 heteroatoms. The number of fused-ring (bicyclic) bond motifs is 1. The van der Waals surface area contributed by atoms with Crippen molar-refractivity contribution >= 4 is 17.7 Å². The highest BCUT2D eigenvalue weighted by Gasteiger charge is 2.35. The van der Waals surface area contributed by atoms with E-state index in [9.17, 15) is 9.59 Å². The predicted octanol–water partition coefficient (Wildman–Crippen LogP) is 2.63. The molecule has 1 aliphatic carbocycles. The van der Waals surface area contributed by atoms with E-state index in [1.165, 1.54) is 0 Å². The molecule has 0 radical (unpaired) electrons. The molecule has 1 fully saturated rings. The second kappa shape index (κ2) is 7.56. The van der Waals surface area contributed by atoms with Gasteiger partial charge in [-0.05, 0) is 30.9 Å². The maximum Gasteiger partial charge on any atom is 0.414 e. The number of allylic oxidation sites excluding steroid dienone is 1. The van der Waals surface area contributed by atoms with Crippen molar-refractivity contribution in [3.8, 4) is 0 Å². The lowest BCUT2D eigenvalue weighted by molar-refractivity contribution is -0.135. The molecule has 1 saturated heterocycles. The molecule has 27 heavy (non-hydrogen) atoms. The molecule has 2 amide bonds. The van der Waals surface area contributed by atoms with Gasteiger partial charge >= 0.3 is 6.09 Å². The van der Waals surface area contributed by atoms with Crippen LogP contribution in [0.2, 0.25) is 0 Å². The molecule has 1 aromatic carbocycles. The normalized spacial score (nSPS) is 22.9. The standard InChI is InChI=1S/C21H24N2O4/c24-13-15-5-7-16(8-6-15)20(25)22-11-9-18(10-12-22)23-19-4-2-1-3-17(19)14-27-21(23)26/h1-7,16,18,24H,8-14H2. The van der Waals surface area contributed by atoms with E-state index in [2.05, 4.69) is 0 Å². The zero-order valence-corrected chi connectivity index (χ0v) is 15.2. The van der Waals surface area contributed by atoms with Crippen molar-refractivity contribution in [3.05, 3.63) is 53.6 Å². The third kappa shape index (κ3) is 3.49. The highest BCUT2D eigenvalue weighted by Crippen LogP contribution is 2.32. The predicted molar refractivity (Wildman–Crippen MR) is 101 cm³/mol. The molecule has 0 saturated carbocycles. The Kier molecular flexibility index (Phi) is 4.99. The fourth-order valence-electron chi connectivity index (χ4n) is 4.07. The third-order valence-corrected chi connectivity index (χ3v) is 5.62. The molecule has 1 aromatic rings. The van der Waals surface area contributed by atoms with Crippen LogP contribution < -0.4 is 4.90 Å². The van der Waals surface area contributed by atoms with Crippen LogP contribution in [-0.2, 0) is 16.1 Å². The van der Waals surface area contributed by atoms with Crippen molar-refractivity contribution in [2.24, 2.45) is 5.92 Å². The first-order valence-electron chi connectivity index (χ1n) is 9.48. The van der Waals surface area contributed by atoms with E-state index < -0.39 is 0 Å². The lowest BCUT2D eigenvalue weighted by Crippen LogP contribution is -2.51. The lowest BCUT2D eigenvalue weighted by atomic mass is 9.94. The van der Waals surface area contributed by atoms with E-state index in [0.29, 0.717) is 26.1 Å². The van der Waals surface area contributed by atoms with E-state index >= 15 is 0 Å². The third-order valence-electron chi connectivity index (χ3n) is 5.62. The Labute approximate surface area is 158 Å². The van der Waals surface area contributed by atoms with Gasteiger partial charge in [0.05, 0.1) is 18.2 Å². The van der Waals surface area contributed by atoms with Crippen LogP contribution in [0.5, 0.6) is 0 Å². The number of amides is 2. The molecule has 2 heterocycles. The number of rotatable bonds is 3. The van der Waals surface area contributed by atoms with Crippen molar-refractivity contribution in [2.45, 2.75) is 31.9 Å². The molecule has 1 N–H and O–H groups in total. The van der Waals surface area contributed by atoms with Crippen LogP contribution >= 0.6 is 0 Å². The minimum Gasteiger partial charge on any atom is -0.444 e. The first-order valence-corrected chi connectivity index (χ1v) is 9.48. The maximum absolute atomic E-state index is 12.8. The molecule has 3 aliphatic rings. The Bertz CT molecular complexity index is 793. The van der Waals surface area contributed by atoms with Crippen LogP contribution in [0.15, 0.2) is 48.1 Å². The highest BCUT2D eigenvalue weighted by atomic mass is 16.6. The van der Waals surface area contributed by atoms with Gasteiger partial charge < -0.3 is 14.7 Å². The van der Waals surface area contributed by atoms with Crippen molar-refractivity contribution in [1.29, 1.82) is 0 Å². The summed E-state index contributed by atoms with van der Waals surface area (Å²) in [6.07, 6.45) is 7.47. The zero-order valence-electron chi connectivity index (χ0n) is 15.2. The summed E-state index contributed by atoms with van der Waals surface area (Å²) < 4.78 is 5.33. The molecule has 1 atom stereocenters. The van der Waals surface area contributed by atoms with E-state index in [-0.39, 0.29) is 30.6 Å². The number of ether oxygens (including phenoxy) is 1. The number of hydrogen-bond donors (Lipinski definition) is 1. The number of benzene rings is 1. The van der Waals surface area contributed by atoms with Crippen molar-refractivity contribution in [3.63, 3.8) is 0 Å². The fourth-order valence-corrected chi connectivity index (χ4v) is 4.07. The van der Waals surface area contributed by atoms with Gasteiger partial charge in [0.25, 0.3) is 0 Å². The number of para-hydroxylation sites is 1. The summed E-state index contributed by atoms with van der Waals surface area (Å²) in [7, 11) is 0. The van der Waals surface area contributed by atoms with Gasteiger partial charge in [-0.3, -0.25) is 9.69 Å². The Balaban J connectivity index is 1.40. The largest absolute Gasteiger partial charge is 0.444 e. The van der Waals surface area contributed by atoms with E-state index in [4.69, 9.17) is 9.84 Å². The molecule has 6 nitrogen and oxygen atoms in total. The number of hydrogen-bond acceptors (Lipinski definition) is 4. The second-order valence-corrected chi connectivity index (χ2v) is 7.25. The summed E-state index contributed by atoms with van der Waals surface area (Å²) in [5.41, 5.74) is 2.81. The number of aliphatic hydroxyl groups excluding tert-OH is 1. The van der Waals surface area contributed by atoms with Crippen LogP contribution in [-0.4, -0.2) is 47.7 Å². The van der Waals surface area contributed by atoms with Gasteiger partial charge in [-0.2, -0.15) is 0 Å². The number of anilines is 1. The van der Waals surface area contributed by atoms with Crippen LogP contribution in [0.25, 0.3) is 0 Å². The van der Waals surface area contributed by atoms with Crippen LogP contribution in [0.1, 0.15) is 24.8 Å². The number of nitrogens with zero attached hydrogens (tertiary/aromatic N) is 2. The summed E-state index contributed by atoms with van der Waals surface area (Å²) >= 11 is 0. The fraction of sp³-hybridized carbons (Fsp3) is 0.429. The van der Waals surface area contributed by atoms with Crippen molar-refractivity contribution in [2.75, 3.05) is 24.6 Å². The molecule has 0 spiro atoms. The van der Waals surface area contributed by atoms with Gasteiger partial charge in [-0.25, -0.2) is 4.79 Å². The summed E-state index contributed by atoms with van der Waals surface area (Å²) in [4.78, 5) is 28.8. The highest BCUT2D eigenvalue weighted by molar-refractivity contribution is 5.91. The number of cyclic esters (lactones) is 1. The van der Waals surface area contributed by atoms with Gasteiger partial charge in [0.2, 0.25) is 5.91 Å². The lowest BCUT2D eigenvalue weighted by Gasteiger charge is -2.40. The number of aliphatic hydroxyl groups is 1. The van der Waals surface area contributed by atoms with Crippen LogP contribution in [0, 0.1) is 5.92 Å². The van der Waals surface area contributed by atoms with E-state index in [1.807, 2.05) is 47.4 Å². The van der Waals surface area contributed by atoms with E-state index in [1.54, 1.807) is 4.90 Å². The average molecular weight is 368 g/mol. The molecule has 142 valence electrons. The number of likely N-dealkylation sites (tertiary alicyclic amines) is 1. The first-order chi connectivity index (χ1) is 13.2. The molecule has 1 unspecified atom stereocenters. The van der Waals surface area contributed by atoms with Crippen molar-refractivity contribution < 1.29 is 19.4 Å². The quantitative estimate of drug-likeness (QED) is 0.890. The van der Waals surface area contributed by atoms with Gasteiger partial charge in [0.1, 0.15) is 6.61 Å². The molecule has 0 bridgehead atoms. The van der Waals surface area contributed by atoms with Gasteiger partial charge in [0, 0.05) is 24.7 Å². The number of piperidine rings is 1. The Morgan fingerprint density at radius 2 is 2.00 bits per heavy atom. The first kappa shape index (κ1) is 17.8. The SMILES string of the molecule is O=C(C1C=CC(CO)=CC1)N1CCC(N2C(=O)OCc3ccccc32)CC1. The Hall–Kier alpha value is -2.60.